The maximum absolute atomic E-state index is 11.8. The maximum atomic E-state index is 11.8. The van der Waals surface area contributed by atoms with E-state index in [1.54, 1.807) is 6.92 Å². The molecule has 0 bridgehead atoms. The Morgan fingerprint density at radius 2 is 2.06 bits per heavy atom. The van der Waals surface area contributed by atoms with Gasteiger partial charge in [0, 0.05) is 6.54 Å². The van der Waals surface area contributed by atoms with Crippen molar-refractivity contribution < 1.29 is 9.59 Å². The first kappa shape index (κ1) is 14.0. The number of hydrogen-bond acceptors (Lipinski definition) is 4. The summed E-state index contributed by atoms with van der Waals surface area (Å²) in [6, 6.07) is 0. The minimum atomic E-state index is -0.457. The van der Waals surface area contributed by atoms with Crippen LogP contribution in [0.25, 0.3) is 0 Å². The predicted octanol–water partition coefficient (Wildman–Crippen LogP) is -0.0188. The summed E-state index contributed by atoms with van der Waals surface area (Å²) in [5.74, 6) is -0.548. The molecule has 7 heteroatoms. The van der Waals surface area contributed by atoms with Crippen LogP contribution in [0.4, 0.5) is 5.69 Å². The van der Waals surface area contributed by atoms with E-state index in [2.05, 4.69) is 20.8 Å². The number of nitrogens with two attached hydrogens (primary N) is 1. The van der Waals surface area contributed by atoms with E-state index in [4.69, 9.17) is 5.73 Å². The number of nitrogen functional groups attached to an aromatic ring is 1. The Morgan fingerprint density at radius 3 is 2.56 bits per heavy atom. The third kappa shape index (κ3) is 3.22. The summed E-state index contributed by atoms with van der Waals surface area (Å²) >= 11 is 0. The Morgan fingerprint density at radius 1 is 1.39 bits per heavy atom. The van der Waals surface area contributed by atoms with Crippen LogP contribution in [-0.4, -0.2) is 35.1 Å². The van der Waals surface area contributed by atoms with E-state index in [0.29, 0.717) is 12.2 Å². The van der Waals surface area contributed by atoms with Crippen molar-refractivity contribution >= 4 is 17.5 Å². The molecule has 0 unspecified atom stereocenters. The topological polar surface area (TPSA) is 113 Å². The van der Waals surface area contributed by atoms with Crippen LogP contribution in [0.15, 0.2) is 0 Å². The van der Waals surface area contributed by atoms with Crippen molar-refractivity contribution in [3.8, 4) is 0 Å². The number of rotatable bonds is 5. The van der Waals surface area contributed by atoms with Crippen molar-refractivity contribution in [2.45, 2.75) is 26.7 Å². The lowest BCUT2D eigenvalue weighted by Gasteiger charge is -2.05. The van der Waals surface area contributed by atoms with E-state index in [0.717, 1.165) is 5.69 Å². The third-order valence-electron chi connectivity index (χ3n) is 2.41. The van der Waals surface area contributed by atoms with Gasteiger partial charge in [0.2, 0.25) is 5.91 Å². The fraction of sp³-hybridized carbons (Fsp3) is 0.545. The van der Waals surface area contributed by atoms with Gasteiger partial charge in [-0.1, -0.05) is 13.8 Å². The molecular weight excluding hydrogens is 234 g/mol. The minimum Gasteiger partial charge on any atom is -0.395 e. The maximum Gasteiger partial charge on any atom is 0.274 e. The van der Waals surface area contributed by atoms with Crippen LogP contribution >= 0.6 is 0 Å². The molecule has 18 heavy (non-hydrogen) atoms. The molecule has 0 radical (unpaired) electrons. The van der Waals surface area contributed by atoms with Crippen LogP contribution in [0.2, 0.25) is 0 Å². The van der Waals surface area contributed by atoms with E-state index in [1.807, 2.05) is 13.8 Å². The van der Waals surface area contributed by atoms with Crippen molar-refractivity contribution in [1.82, 2.24) is 20.8 Å². The zero-order chi connectivity index (χ0) is 13.7. The van der Waals surface area contributed by atoms with Gasteiger partial charge in [0.1, 0.15) is 0 Å². The molecule has 1 rings (SSSR count). The average molecular weight is 253 g/mol. The number of H-pyrrole nitrogens is 1. The molecule has 7 nitrogen and oxygen atoms in total. The Balaban J connectivity index is 2.65. The van der Waals surface area contributed by atoms with Crippen LogP contribution < -0.4 is 16.4 Å². The predicted molar refractivity (Wildman–Crippen MR) is 68.1 cm³/mol. The summed E-state index contributed by atoms with van der Waals surface area (Å²) in [5.41, 5.74) is 7.00. The number of carbonyl (C=O) groups excluding carboxylic acids is 2. The van der Waals surface area contributed by atoms with Gasteiger partial charge >= 0.3 is 0 Å². The molecule has 0 saturated carbocycles. The zero-order valence-electron chi connectivity index (χ0n) is 10.8. The summed E-state index contributed by atoms with van der Waals surface area (Å²) in [6.07, 6.45) is 0. The molecular formula is C11H19N5O2. The van der Waals surface area contributed by atoms with Gasteiger partial charge in [-0.05, 0) is 12.8 Å². The van der Waals surface area contributed by atoms with E-state index in [9.17, 15) is 9.59 Å². The van der Waals surface area contributed by atoms with Gasteiger partial charge in [0.05, 0.1) is 17.9 Å². The lowest BCUT2D eigenvalue weighted by Crippen LogP contribution is -2.37. The second kappa shape index (κ2) is 6.04. The normalized spacial score (nSPS) is 10.4. The third-order valence-corrected chi connectivity index (χ3v) is 2.41. The van der Waals surface area contributed by atoms with Crippen molar-refractivity contribution in [2.75, 3.05) is 18.8 Å². The highest BCUT2D eigenvalue weighted by Crippen LogP contribution is 2.21. The zero-order valence-corrected chi connectivity index (χ0v) is 10.8. The van der Waals surface area contributed by atoms with E-state index in [-0.39, 0.29) is 24.1 Å². The first-order valence-corrected chi connectivity index (χ1v) is 5.86. The van der Waals surface area contributed by atoms with Crippen molar-refractivity contribution in [3.63, 3.8) is 0 Å². The lowest BCUT2D eigenvalue weighted by atomic mass is 10.1. The van der Waals surface area contributed by atoms with E-state index >= 15 is 0 Å². The molecule has 5 N–H and O–H groups in total. The number of nitrogens with one attached hydrogen (secondary N) is 3. The number of nitrogens with zero attached hydrogens (tertiary/aromatic N) is 1. The molecule has 0 atom stereocenters. The molecule has 0 aromatic carbocycles. The summed E-state index contributed by atoms with van der Waals surface area (Å²) in [6.45, 7) is 6.13. The first-order chi connectivity index (χ1) is 8.47. The number of aromatic amines is 1. The highest BCUT2D eigenvalue weighted by Gasteiger charge is 2.18. The summed E-state index contributed by atoms with van der Waals surface area (Å²) < 4.78 is 0. The smallest absolute Gasteiger partial charge is 0.274 e. The number of likely N-dealkylation sites (N-methyl/N-ethyl adjacent to an activating group) is 1. The van der Waals surface area contributed by atoms with Crippen LogP contribution in [-0.2, 0) is 4.79 Å². The Bertz CT molecular complexity index is 439. The van der Waals surface area contributed by atoms with Crippen molar-refractivity contribution in [3.05, 3.63) is 11.4 Å². The Labute approximate surface area is 106 Å². The number of hydrogen-bond donors (Lipinski definition) is 4. The van der Waals surface area contributed by atoms with Crippen LogP contribution in [0.5, 0.6) is 0 Å². The molecule has 1 aromatic rings. The molecule has 0 aliphatic carbocycles. The molecule has 0 aliphatic rings. The van der Waals surface area contributed by atoms with Crippen LogP contribution in [0.1, 0.15) is 42.9 Å². The lowest BCUT2D eigenvalue weighted by molar-refractivity contribution is -0.120. The van der Waals surface area contributed by atoms with Gasteiger partial charge in [0.25, 0.3) is 5.91 Å². The SMILES string of the molecule is CCNC(=O)CNC(=O)c1n[nH]c(C(C)C)c1N. The first-order valence-electron chi connectivity index (χ1n) is 5.86. The van der Waals surface area contributed by atoms with Gasteiger partial charge < -0.3 is 16.4 Å². The van der Waals surface area contributed by atoms with Crippen LogP contribution in [0.3, 0.4) is 0 Å². The summed E-state index contributed by atoms with van der Waals surface area (Å²) in [5, 5.41) is 11.6. The number of aromatic nitrogens is 2. The molecule has 1 aromatic heterocycles. The molecule has 0 aliphatic heterocycles. The van der Waals surface area contributed by atoms with E-state index in [1.165, 1.54) is 0 Å². The quantitative estimate of drug-likeness (QED) is 0.590. The Kier molecular flexibility index (Phi) is 4.70. The number of amides is 2. The van der Waals surface area contributed by atoms with Crippen molar-refractivity contribution in [1.29, 1.82) is 0 Å². The number of carbonyl (C=O) groups is 2. The van der Waals surface area contributed by atoms with Gasteiger partial charge in [-0.2, -0.15) is 5.10 Å². The second-order valence-corrected chi connectivity index (χ2v) is 4.19. The molecule has 0 spiro atoms. The summed E-state index contributed by atoms with van der Waals surface area (Å²) in [4.78, 5) is 22.9. The molecule has 2 amide bonds. The molecule has 0 fully saturated rings. The fourth-order valence-electron chi connectivity index (χ4n) is 1.48. The highest BCUT2D eigenvalue weighted by molar-refractivity contribution is 5.99. The van der Waals surface area contributed by atoms with Gasteiger partial charge in [0.15, 0.2) is 5.69 Å². The Hall–Kier alpha value is -2.05. The van der Waals surface area contributed by atoms with Gasteiger partial charge in [-0.25, -0.2) is 0 Å². The number of anilines is 1. The van der Waals surface area contributed by atoms with Gasteiger partial charge in [-0.3, -0.25) is 14.7 Å². The minimum absolute atomic E-state index is 0.0873. The van der Waals surface area contributed by atoms with E-state index < -0.39 is 5.91 Å². The average Bonchev–Trinajstić information content (AvgIpc) is 2.68. The molecule has 0 saturated heterocycles. The van der Waals surface area contributed by atoms with Crippen LogP contribution in [0, 0.1) is 0 Å². The highest BCUT2D eigenvalue weighted by atomic mass is 16.2. The molecule has 100 valence electrons. The monoisotopic (exact) mass is 253 g/mol. The summed E-state index contributed by atoms with van der Waals surface area (Å²) in [7, 11) is 0. The molecule has 1 heterocycles. The largest absolute Gasteiger partial charge is 0.395 e. The fourth-order valence-corrected chi connectivity index (χ4v) is 1.48. The van der Waals surface area contributed by atoms with Gasteiger partial charge in [-0.15, -0.1) is 0 Å². The standard InChI is InChI=1S/C11H19N5O2/c1-4-13-7(17)5-14-11(18)10-8(12)9(6(2)3)15-16-10/h6H,4-5,12H2,1-3H3,(H,13,17)(H,14,18)(H,15,16). The second-order valence-electron chi connectivity index (χ2n) is 4.19. The van der Waals surface area contributed by atoms with Crippen molar-refractivity contribution in [2.24, 2.45) is 0 Å².